The standard InChI is InChI=1S/C18H34/c1-12(2)7-16-9-17(16)14(4)13(3)8-15-10-18(5,6)11-15/h12-17H,7-11H2,1-6H3. The molecule has 0 aromatic heterocycles. The highest BCUT2D eigenvalue weighted by molar-refractivity contribution is 4.93. The van der Waals surface area contributed by atoms with E-state index < -0.39 is 0 Å². The first-order chi connectivity index (χ1) is 8.28. The Morgan fingerprint density at radius 2 is 1.61 bits per heavy atom. The zero-order valence-corrected chi connectivity index (χ0v) is 13.5. The maximum atomic E-state index is 2.53. The average Bonchev–Trinajstić information content (AvgIpc) is 2.92. The van der Waals surface area contributed by atoms with Crippen LogP contribution in [-0.2, 0) is 0 Å². The summed E-state index contributed by atoms with van der Waals surface area (Å²) >= 11 is 0. The molecule has 0 heteroatoms. The predicted molar refractivity (Wildman–Crippen MR) is 80.5 cm³/mol. The van der Waals surface area contributed by atoms with Crippen molar-refractivity contribution in [2.45, 2.75) is 73.6 Å². The molecular weight excluding hydrogens is 216 g/mol. The van der Waals surface area contributed by atoms with Crippen LogP contribution >= 0.6 is 0 Å². The maximum Gasteiger partial charge on any atom is -0.0349 e. The fraction of sp³-hybridized carbons (Fsp3) is 1.00. The molecule has 0 radical (unpaired) electrons. The minimum Gasteiger partial charge on any atom is -0.0628 e. The van der Waals surface area contributed by atoms with Crippen molar-refractivity contribution >= 4 is 0 Å². The van der Waals surface area contributed by atoms with Gasteiger partial charge in [0.1, 0.15) is 0 Å². The van der Waals surface area contributed by atoms with Crippen molar-refractivity contribution in [3.63, 3.8) is 0 Å². The molecule has 0 saturated heterocycles. The summed E-state index contributed by atoms with van der Waals surface area (Å²) in [5.41, 5.74) is 0.660. The van der Waals surface area contributed by atoms with Gasteiger partial charge >= 0.3 is 0 Å². The quantitative estimate of drug-likeness (QED) is 0.561. The van der Waals surface area contributed by atoms with Gasteiger partial charge in [-0.05, 0) is 73.0 Å². The molecule has 0 N–H and O–H groups in total. The van der Waals surface area contributed by atoms with E-state index >= 15 is 0 Å². The average molecular weight is 250 g/mol. The summed E-state index contributed by atoms with van der Waals surface area (Å²) in [4.78, 5) is 0. The van der Waals surface area contributed by atoms with Gasteiger partial charge in [0.2, 0.25) is 0 Å². The lowest BCUT2D eigenvalue weighted by atomic mass is 9.61. The third-order valence-corrected chi connectivity index (χ3v) is 5.71. The van der Waals surface area contributed by atoms with Crippen molar-refractivity contribution in [2.75, 3.05) is 0 Å². The van der Waals surface area contributed by atoms with E-state index in [-0.39, 0.29) is 0 Å². The summed E-state index contributed by atoms with van der Waals surface area (Å²) in [6, 6.07) is 0. The highest BCUT2D eigenvalue weighted by Crippen LogP contribution is 2.53. The molecule has 2 rings (SSSR count). The highest BCUT2D eigenvalue weighted by atomic mass is 14.5. The van der Waals surface area contributed by atoms with Crippen molar-refractivity contribution < 1.29 is 0 Å². The van der Waals surface area contributed by atoms with Gasteiger partial charge in [-0.15, -0.1) is 0 Å². The summed E-state index contributed by atoms with van der Waals surface area (Å²) in [5.74, 6) is 6.00. The van der Waals surface area contributed by atoms with Crippen molar-refractivity contribution in [1.29, 1.82) is 0 Å². The van der Waals surface area contributed by atoms with Gasteiger partial charge in [0.15, 0.2) is 0 Å². The van der Waals surface area contributed by atoms with Crippen molar-refractivity contribution in [1.82, 2.24) is 0 Å². The monoisotopic (exact) mass is 250 g/mol. The van der Waals surface area contributed by atoms with E-state index in [2.05, 4.69) is 41.5 Å². The molecule has 4 atom stereocenters. The molecule has 2 saturated carbocycles. The van der Waals surface area contributed by atoms with Crippen LogP contribution in [0.3, 0.4) is 0 Å². The second-order valence-electron chi connectivity index (χ2n) is 8.80. The number of hydrogen-bond acceptors (Lipinski definition) is 0. The van der Waals surface area contributed by atoms with E-state index in [1.54, 1.807) is 0 Å². The lowest BCUT2D eigenvalue weighted by molar-refractivity contribution is 0.0679. The third kappa shape index (κ3) is 3.52. The van der Waals surface area contributed by atoms with Crippen LogP contribution in [0, 0.1) is 40.9 Å². The van der Waals surface area contributed by atoms with E-state index in [1.807, 2.05) is 0 Å². The lowest BCUT2D eigenvalue weighted by Gasteiger charge is -2.44. The number of hydrogen-bond donors (Lipinski definition) is 0. The summed E-state index contributed by atoms with van der Waals surface area (Å²) in [6.07, 6.45) is 7.45. The van der Waals surface area contributed by atoms with E-state index in [1.165, 1.54) is 32.1 Å². The molecular formula is C18H34. The summed E-state index contributed by atoms with van der Waals surface area (Å²) in [6.45, 7) is 14.6. The van der Waals surface area contributed by atoms with E-state index in [0.29, 0.717) is 5.41 Å². The van der Waals surface area contributed by atoms with Crippen molar-refractivity contribution in [3.8, 4) is 0 Å². The first-order valence-electron chi connectivity index (χ1n) is 8.28. The smallest absolute Gasteiger partial charge is 0.0349 e. The molecule has 0 aromatic carbocycles. The Hall–Kier alpha value is 0. The molecule has 106 valence electrons. The predicted octanol–water partition coefficient (Wildman–Crippen LogP) is 5.77. The van der Waals surface area contributed by atoms with Crippen LogP contribution < -0.4 is 0 Å². The van der Waals surface area contributed by atoms with Crippen LogP contribution in [0.25, 0.3) is 0 Å². The minimum atomic E-state index is 0.660. The highest BCUT2D eigenvalue weighted by Gasteiger charge is 2.44. The summed E-state index contributed by atoms with van der Waals surface area (Å²) < 4.78 is 0. The molecule has 0 aliphatic heterocycles. The summed E-state index contributed by atoms with van der Waals surface area (Å²) in [7, 11) is 0. The first kappa shape index (κ1) is 14.4. The van der Waals surface area contributed by atoms with Gasteiger partial charge in [-0.25, -0.2) is 0 Å². The third-order valence-electron chi connectivity index (χ3n) is 5.71. The SMILES string of the molecule is CC(C)CC1CC1C(C)C(C)CC1CC(C)(C)C1. The first-order valence-corrected chi connectivity index (χ1v) is 8.28. The van der Waals surface area contributed by atoms with Crippen LogP contribution in [0.4, 0.5) is 0 Å². The lowest BCUT2D eigenvalue weighted by Crippen LogP contribution is -2.33. The molecule has 2 aliphatic rings. The van der Waals surface area contributed by atoms with Gasteiger partial charge in [0.05, 0.1) is 0 Å². The molecule has 0 nitrogen and oxygen atoms in total. The van der Waals surface area contributed by atoms with Crippen LogP contribution in [0.5, 0.6) is 0 Å². The Morgan fingerprint density at radius 1 is 1.00 bits per heavy atom. The Balaban J connectivity index is 1.69. The fourth-order valence-corrected chi connectivity index (χ4v) is 4.62. The molecule has 2 aliphatic carbocycles. The zero-order chi connectivity index (χ0) is 13.5. The molecule has 4 unspecified atom stereocenters. The van der Waals surface area contributed by atoms with E-state index in [9.17, 15) is 0 Å². The normalized spacial score (nSPS) is 34.2. The molecule has 0 bridgehead atoms. The van der Waals surface area contributed by atoms with Crippen LogP contribution in [0.2, 0.25) is 0 Å². The van der Waals surface area contributed by atoms with Crippen LogP contribution in [0.15, 0.2) is 0 Å². The van der Waals surface area contributed by atoms with E-state index in [4.69, 9.17) is 0 Å². The van der Waals surface area contributed by atoms with Gasteiger partial charge in [-0.1, -0.05) is 41.5 Å². The van der Waals surface area contributed by atoms with Gasteiger partial charge in [0, 0.05) is 0 Å². The second-order valence-corrected chi connectivity index (χ2v) is 8.80. The van der Waals surface area contributed by atoms with Gasteiger partial charge in [-0.3, -0.25) is 0 Å². The van der Waals surface area contributed by atoms with Crippen LogP contribution in [0.1, 0.15) is 73.6 Å². The molecule has 2 fully saturated rings. The Labute approximate surface area is 115 Å². The fourth-order valence-electron chi connectivity index (χ4n) is 4.62. The Bertz CT molecular complexity index is 268. The molecule has 0 aromatic rings. The molecule has 0 amide bonds. The van der Waals surface area contributed by atoms with Gasteiger partial charge in [-0.2, -0.15) is 0 Å². The topological polar surface area (TPSA) is 0 Å². The van der Waals surface area contributed by atoms with E-state index in [0.717, 1.165) is 35.5 Å². The Morgan fingerprint density at radius 3 is 2.11 bits per heavy atom. The molecule has 0 spiro atoms. The van der Waals surface area contributed by atoms with Crippen LogP contribution in [-0.4, -0.2) is 0 Å². The molecule has 0 heterocycles. The zero-order valence-electron chi connectivity index (χ0n) is 13.5. The summed E-state index contributed by atoms with van der Waals surface area (Å²) in [5, 5.41) is 0. The minimum absolute atomic E-state index is 0.660. The number of rotatable bonds is 6. The van der Waals surface area contributed by atoms with Gasteiger partial charge in [0.25, 0.3) is 0 Å². The van der Waals surface area contributed by atoms with Crippen molar-refractivity contribution in [3.05, 3.63) is 0 Å². The Kier molecular flexibility index (Phi) is 4.14. The van der Waals surface area contributed by atoms with Gasteiger partial charge < -0.3 is 0 Å². The van der Waals surface area contributed by atoms with Crippen molar-refractivity contribution in [2.24, 2.45) is 40.9 Å². The largest absolute Gasteiger partial charge is 0.0628 e. The maximum absolute atomic E-state index is 2.53. The molecule has 18 heavy (non-hydrogen) atoms. The second kappa shape index (κ2) is 5.17.